The molecule has 0 aromatic carbocycles. The Kier molecular flexibility index (Phi) is 3.70. The average molecular weight is 193 g/mol. The van der Waals surface area contributed by atoms with Gasteiger partial charge in [-0.15, -0.1) is 0 Å². The summed E-state index contributed by atoms with van der Waals surface area (Å²) in [6, 6.07) is 5.32. The standard InChI is InChI=1S/C9H11N3O2/c10-6-8-2-1-4-12(8)7-9(14)11-3-5-13/h1-2,4,13H,3,5,7H2,(H,11,14). The molecule has 1 amide bonds. The fourth-order valence-electron chi connectivity index (χ4n) is 1.06. The molecular formula is C9H11N3O2. The molecule has 0 saturated heterocycles. The average Bonchev–Trinajstić information content (AvgIpc) is 2.62. The monoisotopic (exact) mass is 193 g/mol. The number of hydrogen-bond donors (Lipinski definition) is 2. The fraction of sp³-hybridized carbons (Fsp3) is 0.333. The maximum atomic E-state index is 11.2. The summed E-state index contributed by atoms with van der Waals surface area (Å²) in [5.74, 6) is -0.216. The number of carbonyl (C=O) groups is 1. The molecule has 0 aliphatic carbocycles. The molecule has 0 atom stereocenters. The number of nitrogens with zero attached hydrogens (tertiary/aromatic N) is 2. The van der Waals surface area contributed by atoms with Crippen LogP contribution in [-0.4, -0.2) is 28.7 Å². The molecule has 1 aromatic rings. The number of aliphatic hydroxyl groups is 1. The van der Waals surface area contributed by atoms with E-state index < -0.39 is 0 Å². The lowest BCUT2D eigenvalue weighted by Gasteiger charge is -2.04. The zero-order chi connectivity index (χ0) is 10.4. The van der Waals surface area contributed by atoms with Crippen LogP contribution in [0.25, 0.3) is 0 Å². The highest BCUT2D eigenvalue weighted by atomic mass is 16.3. The van der Waals surface area contributed by atoms with Crippen LogP contribution in [0.15, 0.2) is 18.3 Å². The van der Waals surface area contributed by atoms with E-state index in [1.54, 1.807) is 22.9 Å². The first-order valence-corrected chi connectivity index (χ1v) is 4.20. The number of amides is 1. The van der Waals surface area contributed by atoms with Crippen molar-refractivity contribution in [2.75, 3.05) is 13.2 Å². The van der Waals surface area contributed by atoms with Crippen molar-refractivity contribution >= 4 is 5.91 Å². The number of carbonyl (C=O) groups excluding carboxylic acids is 1. The molecule has 0 unspecified atom stereocenters. The number of aliphatic hydroxyl groups excluding tert-OH is 1. The minimum Gasteiger partial charge on any atom is -0.395 e. The van der Waals surface area contributed by atoms with E-state index in [2.05, 4.69) is 5.32 Å². The SMILES string of the molecule is N#Cc1cccn1CC(=O)NCCO. The van der Waals surface area contributed by atoms with E-state index in [-0.39, 0.29) is 25.6 Å². The predicted octanol–water partition coefficient (Wildman–Crippen LogP) is -0.532. The van der Waals surface area contributed by atoms with E-state index >= 15 is 0 Å². The van der Waals surface area contributed by atoms with Crippen LogP contribution in [0.4, 0.5) is 0 Å². The quantitative estimate of drug-likeness (QED) is 0.674. The van der Waals surface area contributed by atoms with Crippen LogP contribution in [0.1, 0.15) is 5.69 Å². The Morgan fingerprint density at radius 3 is 3.14 bits per heavy atom. The Balaban J connectivity index is 2.52. The lowest BCUT2D eigenvalue weighted by Crippen LogP contribution is -2.30. The van der Waals surface area contributed by atoms with Gasteiger partial charge in [0.25, 0.3) is 0 Å². The highest BCUT2D eigenvalue weighted by Gasteiger charge is 2.04. The molecule has 0 spiro atoms. The first kappa shape index (κ1) is 10.3. The lowest BCUT2D eigenvalue weighted by molar-refractivity contribution is -0.121. The smallest absolute Gasteiger partial charge is 0.240 e. The highest BCUT2D eigenvalue weighted by Crippen LogP contribution is 1.99. The van der Waals surface area contributed by atoms with Crippen LogP contribution >= 0.6 is 0 Å². The molecule has 1 rings (SSSR count). The van der Waals surface area contributed by atoms with E-state index in [0.717, 1.165) is 0 Å². The van der Waals surface area contributed by atoms with E-state index in [9.17, 15) is 4.79 Å². The van der Waals surface area contributed by atoms with Crippen LogP contribution in [-0.2, 0) is 11.3 Å². The van der Waals surface area contributed by atoms with E-state index in [1.165, 1.54) is 0 Å². The normalized spacial score (nSPS) is 9.43. The van der Waals surface area contributed by atoms with E-state index in [0.29, 0.717) is 5.69 Å². The Morgan fingerprint density at radius 2 is 2.50 bits per heavy atom. The van der Waals surface area contributed by atoms with Crippen molar-refractivity contribution in [3.63, 3.8) is 0 Å². The summed E-state index contributed by atoms with van der Waals surface area (Å²) in [6.45, 7) is 0.264. The zero-order valence-electron chi connectivity index (χ0n) is 7.60. The van der Waals surface area contributed by atoms with Crippen LogP contribution in [0.3, 0.4) is 0 Å². The molecule has 0 saturated carbocycles. The third kappa shape index (κ3) is 2.61. The minimum atomic E-state index is -0.216. The molecule has 0 aliphatic rings. The Morgan fingerprint density at radius 1 is 1.71 bits per heavy atom. The van der Waals surface area contributed by atoms with Crippen LogP contribution in [0, 0.1) is 11.3 Å². The number of aromatic nitrogens is 1. The summed E-state index contributed by atoms with van der Waals surface area (Å²) in [6.07, 6.45) is 1.66. The van der Waals surface area contributed by atoms with Gasteiger partial charge >= 0.3 is 0 Å². The van der Waals surface area contributed by atoms with Gasteiger partial charge in [-0.2, -0.15) is 5.26 Å². The molecule has 2 N–H and O–H groups in total. The largest absolute Gasteiger partial charge is 0.395 e. The van der Waals surface area contributed by atoms with Gasteiger partial charge in [-0.25, -0.2) is 0 Å². The van der Waals surface area contributed by atoms with E-state index in [1.807, 2.05) is 6.07 Å². The first-order chi connectivity index (χ1) is 6.77. The predicted molar refractivity (Wildman–Crippen MR) is 49.2 cm³/mol. The van der Waals surface area contributed by atoms with Crippen molar-refractivity contribution in [2.45, 2.75) is 6.54 Å². The van der Waals surface area contributed by atoms with Gasteiger partial charge < -0.3 is 15.0 Å². The highest BCUT2D eigenvalue weighted by molar-refractivity contribution is 5.75. The van der Waals surface area contributed by atoms with Gasteiger partial charge in [-0.05, 0) is 12.1 Å². The number of hydrogen-bond acceptors (Lipinski definition) is 3. The molecule has 0 bridgehead atoms. The van der Waals surface area contributed by atoms with Crippen molar-refractivity contribution in [1.82, 2.24) is 9.88 Å². The first-order valence-electron chi connectivity index (χ1n) is 4.20. The van der Waals surface area contributed by atoms with E-state index in [4.69, 9.17) is 10.4 Å². The fourth-order valence-corrected chi connectivity index (χ4v) is 1.06. The van der Waals surface area contributed by atoms with Crippen molar-refractivity contribution in [3.05, 3.63) is 24.0 Å². The summed E-state index contributed by atoms with van der Waals surface area (Å²) >= 11 is 0. The molecule has 0 fully saturated rings. The summed E-state index contributed by atoms with van der Waals surface area (Å²) in [7, 11) is 0. The Labute approximate surface area is 81.6 Å². The lowest BCUT2D eigenvalue weighted by atomic mass is 10.4. The van der Waals surface area contributed by atoms with Crippen molar-refractivity contribution in [2.24, 2.45) is 0 Å². The molecule has 1 aromatic heterocycles. The van der Waals surface area contributed by atoms with Gasteiger partial charge in [0.2, 0.25) is 5.91 Å². The molecular weight excluding hydrogens is 182 g/mol. The van der Waals surface area contributed by atoms with Gasteiger partial charge in [0.05, 0.1) is 6.61 Å². The van der Waals surface area contributed by atoms with Crippen LogP contribution in [0.5, 0.6) is 0 Å². The Bertz CT molecular complexity index is 351. The van der Waals surface area contributed by atoms with Crippen molar-refractivity contribution in [1.29, 1.82) is 5.26 Å². The molecule has 14 heavy (non-hydrogen) atoms. The maximum Gasteiger partial charge on any atom is 0.240 e. The molecule has 5 nitrogen and oxygen atoms in total. The zero-order valence-corrected chi connectivity index (χ0v) is 7.60. The number of rotatable bonds is 4. The molecule has 5 heteroatoms. The van der Waals surface area contributed by atoms with Gasteiger partial charge in [0.15, 0.2) is 0 Å². The molecule has 74 valence electrons. The van der Waals surface area contributed by atoms with Gasteiger partial charge in [-0.1, -0.05) is 0 Å². The Hall–Kier alpha value is -1.80. The summed E-state index contributed by atoms with van der Waals surface area (Å²) in [5.41, 5.74) is 0.448. The number of nitrogens with one attached hydrogen (secondary N) is 1. The third-order valence-corrected chi connectivity index (χ3v) is 1.69. The second-order valence-electron chi connectivity index (χ2n) is 2.71. The maximum absolute atomic E-state index is 11.2. The third-order valence-electron chi connectivity index (χ3n) is 1.69. The number of nitriles is 1. The van der Waals surface area contributed by atoms with Crippen LogP contribution < -0.4 is 5.32 Å². The van der Waals surface area contributed by atoms with Crippen molar-refractivity contribution < 1.29 is 9.90 Å². The summed E-state index contributed by atoms with van der Waals surface area (Å²) < 4.78 is 1.55. The molecule has 0 radical (unpaired) electrons. The summed E-state index contributed by atoms with van der Waals surface area (Å²) in [5, 5.41) is 19.6. The topological polar surface area (TPSA) is 78.0 Å². The second-order valence-corrected chi connectivity index (χ2v) is 2.71. The summed E-state index contributed by atoms with van der Waals surface area (Å²) in [4.78, 5) is 11.2. The van der Waals surface area contributed by atoms with Gasteiger partial charge in [0, 0.05) is 12.7 Å². The molecule has 0 aliphatic heterocycles. The minimum absolute atomic E-state index is 0.0808. The van der Waals surface area contributed by atoms with Gasteiger partial charge in [-0.3, -0.25) is 4.79 Å². The molecule has 1 heterocycles. The van der Waals surface area contributed by atoms with Crippen molar-refractivity contribution in [3.8, 4) is 6.07 Å². The second kappa shape index (κ2) is 5.04. The van der Waals surface area contributed by atoms with Gasteiger partial charge in [0.1, 0.15) is 18.3 Å². The van der Waals surface area contributed by atoms with Crippen LogP contribution in [0.2, 0.25) is 0 Å².